The van der Waals surface area contributed by atoms with Crippen LogP contribution in [0.3, 0.4) is 0 Å². The Labute approximate surface area is 90.1 Å². The number of rotatable bonds is 6. The van der Waals surface area contributed by atoms with Gasteiger partial charge in [-0.2, -0.15) is 0 Å². The van der Waals surface area contributed by atoms with E-state index in [2.05, 4.69) is 58.9 Å². The summed E-state index contributed by atoms with van der Waals surface area (Å²) in [5.74, 6) is 1.40. The predicted molar refractivity (Wildman–Crippen MR) is 64.6 cm³/mol. The van der Waals surface area contributed by atoms with Crippen LogP contribution in [-0.4, -0.2) is 37.6 Å². The topological polar surface area (TPSA) is 15.3 Å². The second-order valence-electron chi connectivity index (χ2n) is 5.31. The van der Waals surface area contributed by atoms with Crippen LogP contribution in [0.4, 0.5) is 0 Å². The molecule has 0 aliphatic rings. The summed E-state index contributed by atoms with van der Waals surface area (Å²) in [7, 11) is 4.27. The van der Waals surface area contributed by atoms with E-state index in [1.54, 1.807) is 0 Å². The first kappa shape index (κ1) is 13.9. The highest BCUT2D eigenvalue weighted by Crippen LogP contribution is 2.07. The first-order valence-electron chi connectivity index (χ1n) is 5.75. The van der Waals surface area contributed by atoms with Gasteiger partial charge < -0.3 is 10.2 Å². The summed E-state index contributed by atoms with van der Waals surface area (Å²) in [6.45, 7) is 12.5. The lowest BCUT2D eigenvalue weighted by molar-refractivity contribution is 0.254. The molecule has 0 heterocycles. The van der Waals surface area contributed by atoms with Gasteiger partial charge in [-0.25, -0.2) is 0 Å². The van der Waals surface area contributed by atoms with Gasteiger partial charge in [0.05, 0.1) is 0 Å². The van der Waals surface area contributed by atoms with Gasteiger partial charge in [0.25, 0.3) is 0 Å². The smallest absolute Gasteiger partial charge is 0.0220 e. The molecule has 0 rings (SSSR count). The third kappa shape index (κ3) is 5.61. The van der Waals surface area contributed by atoms with Gasteiger partial charge in [-0.15, -0.1) is 0 Å². The van der Waals surface area contributed by atoms with Crippen LogP contribution >= 0.6 is 0 Å². The van der Waals surface area contributed by atoms with Gasteiger partial charge in [-0.1, -0.05) is 27.7 Å². The fourth-order valence-corrected chi connectivity index (χ4v) is 1.38. The normalized spacial score (nSPS) is 16.7. The summed E-state index contributed by atoms with van der Waals surface area (Å²) in [6.07, 6.45) is 0. The van der Waals surface area contributed by atoms with Crippen molar-refractivity contribution in [1.82, 2.24) is 10.2 Å². The molecule has 1 N–H and O–H groups in total. The van der Waals surface area contributed by atoms with Crippen LogP contribution in [0.2, 0.25) is 0 Å². The van der Waals surface area contributed by atoms with Crippen LogP contribution in [0.5, 0.6) is 0 Å². The zero-order valence-corrected chi connectivity index (χ0v) is 11.0. The van der Waals surface area contributed by atoms with Crippen molar-refractivity contribution >= 4 is 0 Å². The first-order valence-corrected chi connectivity index (χ1v) is 5.75. The van der Waals surface area contributed by atoms with Crippen LogP contribution in [0.15, 0.2) is 0 Å². The minimum absolute atomic E-state index is 0.599. The quantitative estimate of drug-likeness (QED) is 0.707. The molecule has 2 nitrogen and oxygen atoms in total. The van der Waals surface area contributed by atoms with Gasteiger partial charge in [0, 0.05) is 18.6 Å². The molecule has 0 bridgehead atoms. The highest BCUT2D eigenvalue weighted by molar-refractivity contribution is 4.77. The van der Waals surface area contributed by atoms with Gasteiger partial charge in [-0.3, -0.25) is 0 Å². The lowest BCUT2D eigenvalue weighted by Gasteiger charge is -2.30. The maximum Gasteiger partial charge on any atom is 0.0220 e. The van der Waals surface area contributed by atoms with Crippen molar-refractivity contribution in [3.05, 3.63) is 0 Å². The first-order chi connectivity index (χ1) is 6.34. The zero-order chi connectivity index (χ0) is 11.3. The van der Waals surface area contributed by atoms with Crippen molar-refractivity contribution in [3.63, 3.8) is 0 Å². The molecule has 0 fully saturated rings. The molecule has 0 saturated heterocycles. The van der Waals surface area contributed by atoms with Gasteiger partial charge in [0.2, 0.25) is 0 Å². The number of likely N-dealkylation sites (N-methyl/N-ethyl adjacent to an activating group) is 1. The Hall–Kier alpha value is -0.0800. The number of hydrogen-bond donors (Lipinski definition) is 1. The molecule has 14 heavy (non-hydrogen) atoms. The Kier molecular flexibility index (Phi) is 6.38. The van der Waals surface area contributed by atoms with Crippen LogP contribution in [0.25, 0.3) is 0 Å². The molecule has 0 spiro atoms. The average Bonchev–Trinajstić information content (AvgIpc) is 2.01. The lowest BCUT2D eigenvalue weighted by Crippen LogP contribution is -2.47. The summed E-state index contributed by atoms with van der Waals surface area (Å²) in [6, 6.07) is 1.20. The zero-order valence-electron chi connectivity index (χ0n) is 11.0. The molecule has 86 valence electrons. The molecule has 0 amide bonds. The van der Waals surface area contributed by atoms with Crippen molar-refractivity contribution in [2.75, 3.05) is 20.6 Å². The summed E-state index contributed by atoms with van der Waals surface area (Å²) in [5.41, 5.74) is 0. The van der Waals surface area contributed by atoms with Crippen LogP contribution in [0.1, 0.15) is 34.6 Å². The number of nitrogens with one attached hydrogen (secondary N) is 1. The largest absolute Gasteiger partial charge is 0.310 e. The van der Waals surface area contributed by atoms with E-state index >= 15 is 0 Å². The predicted octanol–water partition coefficient (Wildman–Crippen LogP) is 2.21. The van der Waals surface area contributed by atoms with Crippen LogP contribution < -0.4 is 5.32 Å². The number of hydrogen-bond acceptors (Lipinski definition) is 2. The third-order valence-electron chi connectivity index (χ3n) is 2.84. The van der Waals surface area contributed by atoms with E-state index in [4.69, 9.17) is 0 Å². The van der Waals surface area contributed by atoms with Crippen molar-refractivity contribution in [3.8, 4) is 0 Å². The van der Waals surface area contributed by atoms with Gasteiger partial charge in [0.1, 0.15) is 0 Å². The molecular formula is C12H28N2. The molecule has 2 unspecified atom stereocenters. The van der Waals surface area contributed by atoms with Crippen LogP contribution in [0, 0.1) is 11.8 Å². The molecule has 0 aliphatic carbocycles. The second-order valence-corrected chi connectivity index (χ2v) is 5.31. The molecule has 0 aromatic carbocycles. The third-order valence-corrected chi connectivity index (χ3v) is 2.84. The van der Waals surface area contributed by atoms with Crippen molar-refractivity contribution in [1.29, 1.82) is 0 Å². The Bertz CT molecular complexity index is 141. The van der Waals surface area contributed by atoms with E-state index < -0.39 is 0 Å². The summed E-state index contributed by atoms with van der Waals surface area (Å²) in [5, 5.41) is 3.71. The maximum atomic E-state index is 3.71. The highest BCUT2D eigenvalue weighted by Gasteiger charge is 2.17. The number of nitrogens with zero attached hydrogens (tertiary/aromatic N) is 1. The fraction of sp³-hybridized carbons (Fsp3) is 1.00. The molecule has 2 heteroatoms. The minimum Gasteiger partial charge on any atom is -0.310 e. The Balaban J connectivity index is 4.09. The Morgan fingerprint density at radius 3 is 1.71 bits per heavy atom. The highest BCUT2D eigenvalue weighted by atomic mass is 15.1. The standard InChI is InChI=1S/C12H28N2/c1-9(2)11(5)13-12(10(3)4)8-14(6)7/h9-13H,8H2,1-7H3. The molecule has 0 radical (unpaired) electrons. The van der Waals surface area contributed by atoms with E-state index in [0.717, 1.165) is 6.54 Å². The van der Waals surface area contributed by atoms with Gasteiger partial charge in [0.15, 0.2) is 0 Å². The van der Waals surface area contributed by atoms with E-state index in [1.165, 1.54) is 0 Å². The summed E-state index contributed by atoms with van der Waals surface area (Å²) >= 11 is 0. The average molecular weight is 200 g/mol. The Morgan fingerprint density at radius 1 is 0.929 bits per heavy atom. The lowest BCUT2D eigenvalue weighted by atomic mass is 9.99. The molecule has 0 aromatic heterocycles. The van der Waals surface area contributed by atoms with Crippen molar-refractivity contribution < 1.29 is 0 Å². The van der Waals surface area contributed by atoms with Crippen molar-refractivity contribution in [2.45, 2.75) is 46.7 Å². The second kappa shape index (κ2) is 6.41. The molecule has 0 aromatic rings. The van der Waals surface area contributed by atoms with E-state index in [1.807, 2.05) is 0 Å². The van der Waals surface area contributed by atoms with Crippen molar-refractivity contribution in [2.24, 2.45) is 11.8 Å². The molecular weight excluding hydrogens is 172 g/mol. The summed E-state index contributed by atoms with van der Waals surface area (Å²) < 4.78 is 0. The van der Waals surface area contributed by atoms with Crippen LogP contribution in [-0.2, 0) is 0 Å². The monoisotopic (exact) mass is 200 g/mol. The molecule has 2 atom stereocenters. The molecule has 0 saturated carbocycles. The maximum absolute atomic E-state index is 3.71. The fourth-order valence-electron chi connectivity index (χ4n) is 1.38. The summed E-state index contributed by atoms with van der Waals surface area (Å²) in [4.78, 5) is 2.25. The SMILES string of the molecule is CC(C)C(C)NC(CN(C)C)C(C)C. The Morgan fingerprint density at radius 2 is 1.43 bits per heavy atom. The van der Waals surface area contributed by atoms with E-state index in [9.17, 15) is 0 Å². The van der Waals surface area contributed by atoms with E-state index in [0.29, 0.717) is 23.9 Å². The van der Waals surface area contributed by atoms with Gasteiger partial charge >= 0.3 is 0 Å². The molecule has 0 aliphatic heterocycles. The van der Waals surface area contributed by atoms with E-state index in [-0.39, 0.29) is 0 Å². The van der Waals surface area contributed by atoms with Gasteiger partial charge in [-0.05, 0) is 32.9 Å². The minimum atomic E-state index is 0.599.